The van der Waals surface area contributed by atoms with Crippen molar-refractivity contribution in [1.29, 1.82) is 0 Å². The van der Waals surface area contributed by atoms with Crippen molar-refractivity contribution in [2.45, 2.75) is 45.7 Å². The van der Waals surface area contributed by atoms with Crippen LogP contribution in [0.3, 0.4) is 0 Å². The number of nitrogens with one attached hydrogen (secondary N) is 1. The Morgan fingerprint density at radius 1 is 1.30 bits per heavy atom. The Kier molecular flexibility index (Phi) is 3.24. The summed E-state index contributed by atoms with van der Waals surface area (Å²) in [7, 11) is 0. The van der Waals surface area contributed by atoms with Crippen molar-refractivity contribution in [1.82, 2.24) is 14.9 Å². The fourth-order valence-corrected chi connectivity index (χ4v) is 2.65. The normalized spacial score (nSPS) is 16.6. The van der Waals surface area contributed by atoms with Gasteiger partial charge < -0.3 is 9.88 Å². The van der Waals surface area contributed by atoms with E-state index >= 15 is 0 Å². The molecule has 1 atom stereocenters. The van der Waals surface area contributed by atoms with Gasteiger partial charge in [-0.25, -0.2) is 4.98 Å². The molecule has 1 amide bonds. The lowest BCUT2D eigenvalue weighted by molar-refractivity contribution is -0.123. The van der Waals surface area contributed by atoms with Crippen LogP contribution >= 0.6 is 0 Å². The molecule has 1 unspecified atom stereocenters. The van der Waals surface area contributed by atoms with E-state index < -0.39 is 0 Å². The number of carbonyl (C=O) groups excluding carboxylic acids is 1. The van der Waals surface area contributed by atoms with Crippen molar-refractivity contribution < 1.29 is 4.79 Å². The van der Waals surface area contributed by atoms with Crippen molar-refractivity contribution in [2.24, 2.45) is 5.92 Å². The molecule has 20 heavy (non-hydrogen) atoms. The SMILES string of the molecule is CC(NC(=O)C1CC1)c1nc2ccccc2n1C(C)C. The number of imidazole rings is 1. The van der Waals surface area contributed by atoms with E-state index in [0.29, 0.717) is 6.04 Å². The highest BCUT2D eigenvalue weighted by molar-refractivity contribution is 5.81. The van der Waals surface area contributed by atoms with Crippen LogP contribution in [0.2, 0.25) is 0 Å². The largest absolute Gasteiger partial charge is 0.346 e. The Morgan fingerprint density at radius 2 is 2.00 bits per heavy atom. The van der Waals surface area contributed by atoms with Gasteiger partial charge in [-0.1, -0.05) is 12.1 Å². The molecule has 1 saturated carbocycles. The number of hydrogen-bond acceptors (Lipinski definition) is 2. The molecular weight excluding hydrogens is 250 g/mol. The first kappa shape index (κ1) is 13.2. The van der Waals surface area contributed by atoms with E-state index in [1.54, 1.807) is 0 Å². The summed E-state index contributed by atoms with van der Waals surface area (Å²) in [6.07, 6.45) is 2.05. The molecule has 1 heterocycles. The number of amides is 1. The third kappa shape index (κ3) is 2.30. The van der Waals surface area contributed by atoms with Crippen molar-refractivity contribution in [2.75, 3.05) is 0 Å². The van der Waals surface area contributed by atoms with Crippen LogP contribution in [0.25, 0.3) is 11.0 Å². The fourth-order valence-electron chi connectivity index (χ4n) is 2.65. The Bertz CT molecular complexity index is 640. The van der Waals surface area contributed by atoms with Crippen molar-refractivity contribution in [3.05, 3.63) is 30.1 Å². The van der Waals surface area contributed by atoms with Crippen LogP contribution in [-0.4, -0.2) is 15.5 Å². The molecule has 106 valence electrons. The predicted molar refractivity (Wildman–Crippen MR) is 79.4 cm³/mol. The first-order valence-corrected chi connectivity index (χ1v) is 7.35. The van der Waals surface area contributed by atoms with Gasteiger partial charge in [0.05, 0.1) is 17.1 Å². The zero-order valence-electron chi connectivity index (χ0n) is 12.3. The van der Waals surface area contributed by atoms with E-state index in [-0.39, 0.29) is 17.9 Å². The Hall–Kier alpha value is -1.84. The maximum absolute atomic E-state index is 11.9. The van der Waals surface area contributed by atoms with E-state index in [1.807, 2.05) is 25.1 Å². The summed E-state index contributed by atoms with van der Waals surface area (Å²) in [5.41, 5.74) is 2.12. The van der Waals surface area contributed by atoms with Gasteiger partial charge in [-0.3, -0.25) is 4.79 Å². The second-order valence-corrected chi connectivity index (χ2v) is 5.93. The zero-order valence-corrected chi connectivity index (χ0v) is 12.3. The van der Waals surface area contributed by atoms with Crippen molar-refractivity contribution in [3.8, 4) is 0 Å². The molecule has 0 radical (unpaired) electrons. The Labute approximate surface area is 119 Å². The predicted octanol–water partition coefficient (Wildman–Crippen LogP) is 3.20. The van der Waals surface area contributed by atoms with Gasteiger partial charge in [0.25, 0.3) is 0 Å². The molecule has 0 aliphatic heterocycles. The molecule has 3 rings (SSSR count). The maximum atomic E-state index is 11.9. The third-order valence-corrected chi connectivity index (χ3v) is 3.83. The van der Waals surface area contributed by atoms with Gasteiger partial charge in [-0.2, -0.15) is 0 Å². The van der Waals surface area contributed by atoms with Gasteiger partial charge in [0, 0.05) is 12.0 Å². The Balaban J connectivity index is 1.96. The van der Waals surface area contributed by atoms with Crippen LogP contribution in [0, 0.1) is 5.92 Å². The van der Waals surface area contributed by atoms with Gasteiger partial charge in [-0.15, -0.1) is 0 Å². The monoisotopic (exact) mass is 271 g/mol. The highest BCUT2D eigenvalue weighted by atomic mass is 16.2. The molecule has 1 aromatic heterocycles. The Morgan fingerprint density at radius 3 is 2.65 bits per heavy atom. The molecule has 1 aliphatic rings. The molecule has 0 bridgehead atoms. The second kappa shape index (κ2) is 4.93. The second-order valence-electron chi connectivity index (χ2n) is 5.93. The van der Waals surface area contributed by atoms with Crippen LogP contribution in [0.15, 0.2) is 24.3 Å². The summed E-state index contributed by atoms with van der Waals surface area (Å²) in [4.78, 5) is 16.7. The highest BCUT2D eigenvalue weighted by Crippen LogP contribution is 2.30. The summed E-state index contributed by atoms with van der Waals surface area (Å²) >= 11 is 0. The lowest BCUT2D eigenvalue weighted by atomic mass is 10.2. The summed E-state index contributed by atoms with van der Waals surface area (Å²) < 4.78 is 2.22. The fraction of sp³-hybridized carbons (Fsp3) is 0.500. The molecule has 1 N–H and O–H groups in total. The van der Waals surface area contributed by atoms with E-state index in [9.17, 15) is 4.79 Å². The summed E-state index contributed by atoms with van der Waals surface area (Å²) in [6, 6.07) is 8.39. The number of aromatic nitrogens is 2. The summed E-state index contributed by atoms with van der Waals surface area (Å²) in [5, 5.41) is 3.09. The van der Waals surface area contributed by atoms with Gasteiger partial charge >= 0.3 is 0 Å². The lowest BCUT2D eigenvalue weighted by Gasteiger charge is -2.18. The topological polar surface area (TPSA) is 46.9 Å². The van der Waals surface area contributed by atoms with E-state index in [4.69, 9.17) is 4.98 Å². The van der Waals surface area contributed by atoms with E-state index in [0.717, 1.165) is 29.7 Å². The molecular formula is C16H21N3O. The van der Waals surface area contributed by atoms with Gasteiger partial charge in [0.1, 0.15) is 5.82 Å². The molecule has 1 fully saturated rings. The van der Waals surface area contributed by atoms with E-state index in [1.165, 1.54) is 0 Å². The summed E-state index contributed by atoms with van der Waals surface area (Å²) in [6.45, 7) is 6.31. The van der Waals surface area contributed by atoms with E-state index in [2.05, 4.69) is 29.8 Å². The van der Waals surface area contributed by atoms with Crippen molar-refractivity contribution in [3.63, 3.8) is 0 Å². The van der Waals surface area contributed by atoms with Crippen LogP contribution < -0.4 is 5.32 Å². The van der Waals surface area contributed by atoms with Gasteiger partial charge in [0.15, 0.2) is 0 Å². The highest BCUT2D eigenvalue weighted by Gasteiger charge is 2.31. The van der Waals surface area contributed by atoms with Crippen LogP contribution in [0.4, 0.5) is 0 Å². The quantitative estimate of drug-likeness (QED) is 0.928. The first-order valence-electron chi connectivity index (χ1n) is 7.35. The van der Waals surface area contributed by atoms with Crippen LogP contribution in [0.5, 0.6) is 0 Å². The smallest absolute Gasteiger partial charge is 0.223 e. The number of benzene rings is 1. The molecule has 1 aromatic carbocycles. The minimum Gasteiger partial charge on any atom is -0.346 e. The van der Waals surface area contributed by atoms with Crippen LogP contribution in [-0.2, 0) is 4.79 Å². The maximum Gasteiger partial charge on any atom is 0.223 e. The number of carbonyl (C=O) groups is 1. The standard InChI is InChI=1S/C16H21N3O/c1-10(2)19-14-7-5-4-6-13(14)18-15(19)11(3)17-16(20)12-8-9-12/h4-7,10-12H,8-9H2,1-3H3,(H,17,20). The number of para-hydroxylation sites is 2. The van der Waals surface area contributed by atoms with Crippen LogP contribution in [0.1, 0.15) is 51.5 Å². The molecule has 1 aliphatic carbocycles. The number of hydrogen-bond donors (Lipinski definition) is 1. The minimum absolute atomic E-state index is 0.0575. The molecule has 0 saturated heterocycles. The molecule has 4 heteroatoms. The zero-order chi connectivity index (χ0) is 14.3. The third-order valence-electron chi connectivity index (χ3n) is 3.83. The van der Waals surface area contributed by atoms with Crippen molar-refractivity contribution >= 4 is 16.9 Å². The number of rotatable bonds is 4. The van der Waals surface area contributed by atoms with Gasteiger partial charge in [-0.05, 0) is 45.7 Å². The molecule has 2 aromatic rings. The molecule has 0 spiro atoms. The lowest BCUT2D eigenvalue weighted by Crippen LogP contribution is -2.30. The number of fused-ring (bicyclic) bond motifs is 1. The average Bonchev–Trinajstić information content (AvgIpc) is 3.18. The number of nitrogens with zero attached hydrogens (tertiary/aromatic N) is 2. The first-order chi connectivity index (χ1) is 9.58. The molecule has 4 nitrogen and oxygen atoms in total. The minimum atomic E-state index is -0.0575. The van der Waals surface area contributed by atoms with Gasteiger partial charge in [0.2, 0.25) is 5.91 Å². The summed E-state index contributed by atoms with van der Waals surface area (Å²) in [5.74, 6) is 1.34. The average molecular weight is 271 g/mol.